The average Bonchev–Trinajstić information content (AvgIpc) is 2.86. The molecule has 0 aromatic heterocycles. The van der Waals surface area contributed by atoms with Crippen molar-refractivity contribution in [3.05, 3.63) is 65.2 Å². The second-order valence-electron chi connectivity index (χ2n) is 5.64. The summed E-state index contributed by atoms with van der Waals surface area (Å²) in [5, 5.41) is 3.32. The Kier molecular flexibility index (Phi) is 4.35. The van der Waals surface area contributed by atoms with Crippen molar-refractivity contribution in [2.24, 2.45) is 5.92 Å². The van der Waals surface area contributed by atoms with Crippen LogP contribution in [0, 0.1) is 5.92 Å². The molecule has 2 unspecified atom stereocenters. The third kappa shape index (κ3) is 3.08. The lowest BCUT2D eigenvalue weighted by atomic mass is 9.93. The molecule has 1 fully saturated rings. The topological polar surface area (TPSA) is 49.4 Å². The van der Waals surface area contributed by atoms with Gasteiger partial charge in [-0.1, -0.05) is 54.1 Å². The van der Waals surface area contributed by atoms with E-state index in [0.29, 0.717) is 10.7 Å². The van der Waals surface area contributed by atoms with Crippen LogP contribution < -0.4 is 5.32 Å². The van der Waals surface area contributed by atoms with Crippen molar-refractivity contribution in [1.82, 2.24) is 4.90 Å². The number of hydrogen-bond acceptors (Lipinski definition) is 2. The number of anilines is 1. The van der Waals surface area contributed by atoms with Gasteiger partial charge in [-0.15, -0.1) is 0 Å². The van der Waals surface area contributed by atoms with E-state index in [2.05, 4.69) is 5.32 Å². The summed E-state index contributed by atoms with van der Waals surface area (Å²) in [5.74, 6) is -0.658. The molecule has 23 heavy (non-hydrogen) atoms. The minimum Gasteiger partial charge on any atom is -0.338 e. The molecule has 0 saturated carbocycles. The van der Waals surface area contributed by atoms with Crippen LogP contribution in [0.4, 0.5) is 5.69 Å². The van der Waals surface area contributed by atoms with Gasteiger partial charge in [-0.3, -0.25) is 9.59 Å². The molecule has 1 saturated heterocycles. The summed E-state index contributed by atoms with van der Waals surface area (Å²) in [6, 6.07) is 16.4. The van der Waals surface area contributed by atoms with E-state index in [9.17, 15) is 9.59 Å². The van der Waals surface area contributed by atoms with E-state index in [1.165, 1.54) is 0 Å². The number of rotatable bonds is 3. The van der Waals surface area contributed by atoms with Crippen LogP contribution in [-0.2, 0) is 9.59 Å². The summed E-state index contributed by atoms with van der Waals surface area (Å²) in [7, 11) is 1.74. The highest BCUT2D eigenvalue weighted by molar-refractivity contribution is 6.33. The molecule has 2 amide bonds. The Morgan fingerprint density at radius 3 is 2.48 bits per heavy atom. The maximum atomic E-state index is 12.7. The smallest absolute Gasteiger partial charge is 0.230 e. The number of para-hydroxylation sites is 1. The van der Waals surface area contributed by atoms with Crippen LogP contribution in [-0.4, -0.2) is 23.8 Å². The molecule has 2 atom stereocenters. The first-order valence-corrected chi connectivity index (χ1v) is 7.81. The highest BCUT2D eigenvalue weighted by Gasteiger charge is 2.42. The average molecular weight is 329 g/mol. The second kappa shape index (κ2) is 6.42. The number of likely N-dealkylation sites (tertiary alicyclic amines) is 1. The lowest BCUT2D eigenvalue weighted by molar-refractivity contribution is -0.127. The molecule has 2 aromatic rings. The van der Waals surface area contributed by atoms with Crippen LogP contribution in [0.15, 0.2) is 54.6 Å². The van der Waals surface area contributed by atoms with Crippen molar-refractivity contribution in [3.63, 3.8) is 0 Å². The molecule has 118 valence electrons. The first-order chi connectivity index (χ1) is 11.1. The molecule has 3 rings (SSSR count). The molecular formula is C18H17ClN2O2. The Balaban J connectivity index is 1.86. The number of hydrogen-bond donors (Lipinski definition) is 1. The summed E-state index contributed by atoms with van der Waals surface area (Å²) in [5.41, 5.74) is 1.52. The molecule has 2 aromatic carbocycles. The van der Waals surface area contributed by atoms with Gasteiger partial charge in [0.05, 0.1) is 22.7 Å². The zero-order chi connectivity index (χ0) is 16.4. The number of carbonyl (C=O) groups excluding carboxylic acids is 2. The fourth-order valence-electron chi connectivity index (χ4n) is 3.00. The van der Waals surface area contributed by atoms with E-state index in [0.717, 1.165) is 5.56 Å². The molecular weight excluding hydrogens is 312 g/mol. The Labute approximate surface area is 140 Å². The van der Waals surface area contributed by atoms with E-state index in [1.807, 2.05) is 36.4 Å². The van der Waals surface area contributed by atoms with Crippen molar-refractivity contribution in [2.45, 2.75) is 12.5 Å². The monoisotopic (exact) mass is 328 g/mol. The molecule has 4 nitrogen and oxygen atoms in total. The normalized spacial score (nSPS) is 20.6. The van der Waals surface area contributed by atoms with Crippen LogP contribution in [0.5, 0.6) is 0 Å². The Hall–Kier alpha value is -2.33. The van der Waals surface area contributed by atoms with Gasteiger partial charge < -0.3 is 10.2 Å². The van der Waals surface area contributed by atoms with Crippen LogP contribution in [0.1, 0.15) is 18.0 Å². The quantitative estimate of drug-likeness (QED) is 0.937. The van der Waals surface area contributed by atoms with Gasteiger partial charge >= 0.3 is 0 Å². The third-order valence-corrected chi connectivity index (χ3v) is 4.53. The van der Waals surface area contributed by atoms with Crippen LogP contribution in [0.3, 0.4) is 0 Å². The minimum absolute atomic E-state index is 0.0295. The zero-order valence-corrected chi connectivity index (χ0v) is 13.5. The van der Waals surface area contributed by atoms with Gasteiger partial charge in [0.25, 0.3) is 0 Å². The number of benzene rings is 2. The predicted octanol–water partition coefficient (Wildman–Crippen LogP) is 3.50. The lowest BCUT2D eigenvalue weighted by Crippen LogP contribution is -2.30. The van der Waals surface area contributed by atoms with Gasteiger partial charge in [0.15, 0.2) is 0 Å². The van der Waals surface area contributed by atoms with Crippen LogP contribution in [0.25, 0.3) is 0 Å². The van der Waals surface area contributed by atoms with Gasteiger partial charge in [0, 0.05) is 13.5 Å². The summed E-state index contributed by atoms with van der Waals surface area (Å²) in [6.07, 6.45) is 0.201. The molecule has 0 aliphatic carbocycles. The maximum absolute atomic E-state index is 12.7. The molecule has 0 radical (unpaired) electrons. The number of amides is 2. The van der Waals surface area contributed by atoms with Crippen molar-refractivity contribution < 1.29 is 9.59 Å². The Morgan fingerprint density at radius 1 is 1.13 bits per heavy atom. The highest BCUT2D eigenvalue weighted by Crippen LogP contribution is 2.37. The van der Waals surface area contributed by atoms with Crippen molar-refractivity contribution in [3.8, 4) is 0 Å². The zero-order valence-electron chi connectivity index (χ0n) is 12.7. The SMILES string of the molecule is CN1C(=O)CC(C(=O)Nc2ccccc2Cl)C1c1ccccc1. The minimum atomic E-state index is -0.439. The van der Waals surface area contributed by atoms with Crippen molar-refractivity contribution >= 4 is 29.1 Å². The Bertz CT molecular complexity index is 733. The van der Waals surface area contributed by atoms with E-state index in [-0.39, 0.29) is 24.3 Å². The first kappa shape index (κ1) is 15.6. The first-order valence-electron chi connectivity index (χ1n) is 7.44. The number of halogens is 1. The molecule has 0 spiro atoms. The third-order valence-electron chi connectivity index (χ3n) is 4.20. The van der Waals surface area contributed by atoms with Gasteiger partial charge in [0.2, 0.25) is 11.8 Å². The van der Waals surface area contributed by atoms with E-state index >= 15 is 0 Å². The summed E-state index contributed by atoms with van der Waals surface area (Å²) >= 11 is 6.09. The second-order valence-corrected chi connectivity index (χ2v) is 6.05. The van der Waals surface area contributed by atoms with Crippen LogP contribution in [0.2, 0.25) is 5.02 Å². The number of nitrogens with zero attached hydrogens (tertiary/aromatic N) is 1. The van der Waals surface area contributed by atoms with Gasteiger partial charge in [-0.05, 0) is 17.7 Å². The van der Waals surface area contributed by atoms with E-state index in [4.69, 9.17) is 11.6 Å². The van der Waals surface area contributed by atoms with Crippen molar-refractivity contribution in [2.75, 3.05) is 12.4 Å². The summed E-state index contributed by atoms with van der Waals surface area (Å²) < 4.78 is 0. The number of carbonyl (C=O) groups is 2. The maximum Gasteiger partial charge on any atom is 0.230 e. The Morgan fingerprint density at radius 2 is 1.78 bits per heavy atom. The summed E-state index contributed by atoms with van der Waals surface area (Å²) in [6.45, 7) is 0. The highest BCUT2D eigenvalue weighted by atomic mass is 35.5. The van der Waals surface area contributed by atoms with Gasteiger partial charge in [-0.25, -0.2) is 0 Å². The largest absolute Gasteiger partial charge is 0.338 e. The fraction of sp³-hybridized carbons (Fsp3) is 0.222. The summed E-state index contributed by atoms with van der Waals surface area (Å²) in [4.78, 5) is 26.5. The van der Waals surface area contributed by atoms with Crippen LogP contribution >= 0.6 is 11.6 Å². The van der Waals surface area contributed by atoms with Gasteiger partial charge in [-0.2, -0.15) is 0 Å². The standard InChI is InChI=1S/C18H17ClN2O2/c1-21-16(22)11-13(17(21)12-7-3-2-4-8-12)18(23)20-15-10-6-5-9-14(15)19/h2-10,13,17H,11H2,1H3,(H,20,23). The molecule has 1 N–H and O–H groups in total. The van der Waals surface area contributed by atoms with Gasteiger partial charge in [0.1, 0.15) is 0 Å². The number of nitrogens with one attached hydrogen (secondary N) is 1. The molecule has 1 aliphatic rings. The molecule has 1 aliphatic heterocycles. The van der Waals surface area contributed by atoms with Crippen molar-refractivity contribution in [1.29, 1.82) is 0 Å². The molecule has 1 heterocycles. The van der Waals surface area contributed by atoms with E-state index < -0.39 is 5.92 Å². The molecule has 5 heteroatoms. The fourth-order valence-corrected chi connectivity index (χ4v) is 3.18. The molecule has 0 bridgehead atoms. The van der Waals surface area contributed by atoms with E-state index in [1.54, 1.807) is 30.1 Å². The lowest BCUT2D eigenvalue weighted by Gasteiger charge is -2.25. The predicted molar refractivity (Wildman–Crippen MR) is 90.1 cm³/mol.